The molecule has 9 nitrogen and oxygen atoms in total. The molecule has 2 aromatic carbocycles. The number of rotatable bonds is 10. The fourth-order valence-electron chi connectivity index (χ4n) is 4.60. The molecule has 0 bridgehead atoms. The summed E-state index contributed by atoms with van der Waals surface area (Å²) in [6.07, 6.45) is 3.07. The Morgan fingerprint density at radius 2 is 1.88 bits per heavy atom. The minimum atomic E-state index is -3.43. The molecule has 5 rings (SSSR count). The van der Waals surface area contributed by atoms with Gasteiger partial charge < -0.3 is 19.8 Å². The summed E-state index contributed by atoms with van der Waals surface area (Å²) in [5.74, 6) is -3.06. The van der Waals surface area contributed by atoms with Crippen molar-refractivity contribution in [1.82, 2.24) is 14.7 Å². The van der Waals surface area contributed by atoms with Crippen molar-refractivity contribution in [2.45, 2.75) is 44.1 Å². The number of aromatic amines is 1. The minimum Gasteiger partial charge on any atom is -0.454 e. The van der Waals surface area contributed by atoms with E-state index in [9.17, 15) is 17.6 Å². The van der Waals surface area contributed by atoms with E-state index in [4.69, 9.17) is 9.47 Å². The van der Waals surface area contributed by atoms with Crippen LogP contribution in [-0.2, 0) is 14.8 Å². The molecule has 1 saturated heterocycles. The average molecular weight is 603 g/mol. The van der Waals surface area contributed by atoms with Crippen LogP contribution >= 0.6 is 0 Å². The van der Waals surface area contributed by atoms with Gasteiger partial charge in [0.25, 0.3) is 0 Å². The van der Waals surface area contributed by atoms with Gasteiger partial charge >= 0.3 is 0 Å². The number of hydrogen-bond donors (Lipinski definition) is 3. The van der Waals surface area contributed by atoms with Crippen LogP contribution in [0.2, 0.25) is 0 Å². The van der Waals surface area contributed by atoms with Gasteiger partial charge in [-0.15, -0.1) is 0 Å². The number of hydrogen-bond acceptors (Lipinski definition) is 7. The fraction of sp³-hybridized carbons (Fsp3) is 0.310. The van der Waals surface area contributed by atoms with Crippen molar-refractivity contribution in [1.29, 1.82) is 0 Å². The van der Waals surface area contributed by atoms with Crippen LogP contribution in [-0.4, -0.2) is 54.7 Å². The Morgan fingerprint density at radius 3 is 2.57 bits per heavy atom. The number of ketones is 1. The van der Waals surface area contributed by atoms with Gasteiger partial charge in [0, 0.05) is 24.8 Å². The predicted molar refractivity (Wildman–Crippen MR) is 151 cm³/mol. The van der Waals surface area contributed by atoms with Gasteiger partial charge in [0.05, 0.1) is 46.4 Å². The molecule has 222 valence electrons. The van der Waals surface area contributed by atoms with Crippen molar-refractivity contribution in [2.75, 3.05) is 18.5 Å². The molecule has 1 aliphatic heterocycles. The Labute approximate surface area is 240 Å². The summed E-state index contributed by atoms with van der Waals surface area (Å²) in [6.45, 7) is 3.47. The predicted octanol–water partition coefficient (Wildman–Crippen LogP) is 5.29. The van der Waals surface area contributed by atoms with Gasteiger partial charge in [-0.1, -0.05) is 12.1 Å². The van der Waals surface area contributed by atoms with E-state index < -0.39 is 38.5 Å². The first-order valence-electron chi connectivity index (χ1n) is 13.3. The first-order valence-corrected chi connectivity index (χ1v) is 14.9. The lowest BCUT2D eigenvalue weighted by Gasteiger charge is -2.30. The van der Waals surface area contributed by atoms with Gasteiger partial charge in [0.1, 0.15) is 17.2 Å². The molecule has 1 aliphatic rings. The maximum Gasteiger partial charge on any atom is 0.214 e. The smallest absolute Gasteiger partial charge is 0.214 e. The second kappa shape index (κ2) is 12.1. The molecule has 1 fully saturated rings. The number of halogens is 3. The number of aromatic nitrogens is 2. The Kier molecular flexibility index (Phi) is 8.53. The summed E-state index contributed by atoms with van der Waals surface area (Å²) in [4.78, 5) is 20.3. The quantitative estimate of drug-likeness (QED) is 0.211. The molecule has 0 unspecified atom stereocenters. The summed E-state index contributed by atoms with van der Waals surface area (Å²) in [7, 11) is -3.43. The highest BCUT2D eigenvalue weighted by molar-refractivity contribution is 7.90. The van der Waals surface area contributed by atoms with E-state index >= 15 is 8.78 Å². The lowest BCUT2D eigenvalue weighted by molar-refractivity contribution is 0.0132. The number of sulfonamides is 1. The Morgan fingerprint density at radius 1 is 1.10 bits per heavy atom. The number of carbonyl (C=O) groups excluding carboxylic acids is 1. The number of fused-ring (bicyclic) bond motifs is 1. The standard InChI is InChI=1S/C29H29F3N4O5S/c1-16(2)42(38,39)35-12-19-8-7-17(15-40-19)36-27-24(32)14-34-29-26(27)21(13-33-29)28(37)20-10-9-18(11-23(20)31)41-25-6-4-3-5-22(25)30/h3-6,9-11,13-14,16-17,19,35H,7-8,12,15H2,1-2H3,(H2,33,34,36)/t17-,19+/m1/s1. The number of carbonyl (C=O) groups is 1. The van der Waals surface area contributed by atoms with Crippen LogP contribution in [0, 0.1) is 17.5 Å². The molecule has 4 aromatic rings. The second-order valence-corrected chi connectivity index (χ2v) is 12.5. The Bertz CT molecular complexity index is 1720. The monoisotopic (exact) mass is 602 g/mol. The largest absolute Gasteiger partial charge is 0.454 e. The van der Waals surface area contributed by atoms with Gasteiger partial charge in [-0.2, -0.15) is 0 Å². The van der Waals surface area contributed by atoms with Crippen LogP contribution in [0.3, 0.4) is 0 Å². The average Bonchev–Trinajstić information content (AvgIpc) is 3.39. The van der Waals surface area contributed by atoms with Crippen LogP contribution in [0.5, 0.6) is 11.5 Å². The van der Waals surface area contributed by atoms with Crippen molar-refractivity contribution >= 4 is 32.5 Å². The molecule has 0 saturated carbocycles. The second-order valence-electron chi connectivity index (χ2n) is 10.2. The number of para-hydroxylation sites is 1. The van der Waals surface area contributed by atoms with Gasteiger partial charge in [0.2, 0.25) is 10.0 Å². The first-order chi connectivity index (χ1) is 20.0. The zero-order valence-corrected chi connectivity index (χ0v) is 23.6. The number of pyridine rings is 1. The van der Waals surface area contributed by atoms with Crippen molar-refractivity contribution in [3.05, 3.63) is 83.4 Å². The van der Waals surface area contributed by atoms with Crippen molar-refractivity contribution < 1.29 is 35.9 Å². The SMILES string of the molecule is CC(C)S(=O)(=O)NC[C@@H]1CC[C@@H](Nc2c(F)cnc3[nH]cc(C(=O)c4ccc(Oc5ccccc5F)cc4F)c23)CO1. The molecule has 42 heavy (non-hydrogen) atoms. The maximum absolute atomic E-state index is 15.1. The third kappa shape index (κ3) is 6.27. The maximum atomic E-state index is 15.1. The zero-order valence-electron chi connectivity index (χ0n) is 22.8. The number of nitrogens with zero attached hydrogens (tertiary/aromatic N) is 1. The third-order valence-electron chi connectivity index (χ3n) is 7.00. The van der Waals surface area contributed by atoms with E-state index in [1.165, 1.54) is 36.5 Å². The van der Waals surface area contributed by atoms with Crippen LogP contribution in [0.25, 0.3) is 11.0 Å². The molecule has 3 N–H and O–H groups in total. The fourth-order valence-corrected chi connectivity index (χ4v) is 5.35. The molecule has 0 amide bonds. The van der Waals surface area contributed by atoms with Gasteiger partial charge in [0.15, 0.2) is 23.2 Å². The number of benzene rings is 2. The van der Waals surface area contributed by atoms with Crippen LogP contribution in [0.4, 0.5) is 18.9 Å². The summed E-state index contributed by atoms with van der Waals surface area (Å²) >= 11 is 0. The summed E-state index contributed by atoms with van der Waals surface area (Å²) in [5.41, 5.74) is -0.0597. The molecule has 2 atom stereocenters. The highest BCUT2D eigenvalue weighted by atomic mass is 32.2. The van der Waals surface area contributed by atoms with Gasteiger partial charge in [-0.05, 0) is 51.0 Å². The summed E-state index contributed by atoms with van der Waals surface area (Å²) < 4.78 is 81.9. The molecule has 0 aliphatic carbocycles. The molecular formula is C29H29F3N4O5S. The van der Waals surface area contributed by atoms with E-state index in [0.717, 1.165) is 12.3 Å². The highest BCUT2D eigenvalue weighted by Gasteiger charge is 2.27. The number of anilines is 1. The van der Waals surface area contributed by atoms with Crippen molar-refractivity contribution in [3.8, 4) is 11.5 Å². The van der Waals surface area contributed by atoms with E-state index in [0.29, 0.717) is 12.8 Å². The van der Waals surface area contributed by atoms with Crippen LogP contribution < -0.4 is 14.8 Å². The van der Waals surface area contributed by atoms with E-state index in [2.05, 4.69) is 20.0 Å². The lowest BCUT2D eigenvalue weighted by atomic mass is 10.0. The topological polar surface area (TPSA) is 122 Å². The highest BCUT2D eigenvalue weighted by Crippen LogP contribution is 2.33. The van der Waals surface area contributed by atoms with E-state index in [1.54, 1.807) is 19.9 Å². The van der Waals surface area contributed by atoms with Crippen molar-refractivity contribution in [2.24, 2.45) is 0 Å². The number of nitrogens with one attached hydrogen (secondary N) is 3. The van der Waals surface area contributed by atoms with Crippen molar-refractivity contribution in [3.63, 3.8) is 0 Å². The number of H-pyrrole nitrogens is 1. The van der Waals surface area contributed by atoms with E-state index in [-0.39, 0.29) is 64.6 Å². The van der Waals surface area contributed by atoms with Gasteiger partial charge in [-0.25, -0.2) is 31.3 Å². The number of ether oxygens (including phenoxy) is 2. The zero-order chi connectivity index (χ0) is 30.0. The Balaban J connectivity index is 1.33. The normalized spacial score (nSPS) is 17.5. The molecule has 13 heteroatoms. The first kappa shape index (κ1) is 29.5. The lowest BCUT2D eigenvalue weighted by Crippen LogP contribution is -2.42. The van der Waals surface area contributed by atoms with Crippen LogP contribution in [0.15, 0.2) is 54.9 Å². The summed E-state index contributed by atoms with van der Waals surface area (Å²) in [6, 6.07) is 8.84. The van der Waals surface area contributed by atoms with E-state index in [1.807, 2.05) is 0 Å². The summed E-state index contributed by atoms with van der Waals surface area (Å²) in [5, 5.41) is 2.68. The molecular weight excluding hydrogens is 573 g/mol. The van der Waals surface area contributed by atoms with Gasteiger partial charge in [-0.3, -0.25) is 4.79 Å². The van der Waals surface area contributed by atoms with Crippen LogP contribution in [0.1, 0.15) is 42.6 Å². The Hall–Kier alpha value is -3.94. The molecule has 3 heterocycles. The molecule has 2 aromatic heterocycles. The minimum absolute atomic E-state index is 0.00105. The third-order valence-corrected chi connectivity index (χ3v) is 8.81. The molecule has 0 spiro atoms. The molecule has 0 radical (unpaired) electrons.